The van der Waals surface area contributed by atoms with Crippen molar-refractivity contribution >= 4 is 0 Å². The van der Waals surface area contributed by atoms with Crippen LogP contribution in [0.3, 0.4) is 0 Å². The molecule has 0 unspecified atom stereocenters. The summed E-state index contributed by atoms with van der Waals surface area (Å²) in [6.45, 7) is 2.44. The molecule has 0 saturated carbocycles. The quantitative estimate of drug-likeness (QED) is 0.733. The Morgan fingerprint density at radius 2 is 2.43 bits per heavy atom. The van der Waals surface area contributed by atoms with Gasteiger partial charge in [0.05, 0.1) is 6.61 Å². The van der Waals surface area contributed by atoms with Gasteiger partial charge in [-0.05, 0) is 6.92 Å². The largest absolute Gasteiger partial charge is 0.494 e. The molecule has 14 heavy (non-hydrogen) atoms. The van der Waals surface area contributed by atoms with Crippen LogP contribution >= 0.6 is 0 Å². The molecule has 0 amide bonds. The Morgan fingerprint density at radius 3 is 3.00 bits per heavy atom. The average molecular weight is 194 g/mol. The van der Waals surface area contributed by atoms with E-state index < -0.39 is 11.4 Å². The molecule has 5 heteroatoms. The number of pyridine rings is 1. The zero-order valence-electron chi connectivity index (χ0n) is 7.70. The maximum atomic E-state index is 11.0. The minimum Gasteiger partial charge on any atom is -0.494 e. The lowest BCUT2D eigenvalue weighted by atomic mass is 10.1. The summed E-state index contributed by atoms with van der Waals surface area (Å²) in [5.74, 6) is -0.408. The number of aromatic nitrogens is 1. The fourth-order valence-electron chi connectivity index (χ4n) is 1.05. The molecule has 0 aromatic carbocycles. The number of aromatic amines is 1. The van der Waals surface area contributed by atoms with Crippen molar-refractivity contribution in [1.29, 1.82) is 5.26 Å². The molecule has 1 rings (SSSR count). The fourth-order valence-corrected chi connectivity index (χ4v) is 1.05. The molecule has 0 aliphatic rings. The molecule has 0 spiro atoms. The first-order valence-corrected chi connectivity index (χ1v) is 4.12. The van der Waals surface area contributed by atoms with Gasteiger partial charge < -0.3 is 9.84 Å². The number of hydrogen-bond acceptors (Lipinski definition) is 4. The van der Waals surface area contributed by atoms with E-state index in [9.17, 15) is 9.90 Å². The second kappa shape index (κ2) is 4.44. The summed E-state index contributed by atoms with van der Waals surface area (Å²) in [7, 11) is 0. The average Bonchev–Trinajstić information content (AvgIpc) is 2.14. The number of hydrogen-bond donors (Lipinski definition) is 2. The minimum atomic E-state index is -0.448. The Balaban J connectivity index is 3.13. The first-order valence-electron chi connectivity index (χ1n) is 4.12. The minimum absolute atomic E-state index is 0.0538. The predicted octanol–water partition coefficient (Wildman–Crippen LogP) is 0.489. The molecule has 1 heterocycles. The second-order valence-corrected chi connectivity index (χ2v) is 2.63. The van der Waals surface area contributed by atoms with Crippen LogP contribution in [-0.4, -0.2) is 16.7 Å². The molecule has 0 aliphatic carbocycles. The molecule has 1 aromatic rings. The zero-order chi connectivity index (χ0) is 10.6. The highest BCUT2D eigenvalue weighted by Gasteiger charge is 2.09. The van der Waals surface area contributed by atoms with Crippen LogP contribution in [-0.2, 0) is 11.3 Å². The van der Waals surface area contributed by atoms with Crippen molar-refractivity contribution in [2.45, 2.75) is 13.5 Å². The molecule has 0 aliphatic heterocycles. The van der Waals surface area contributed by atoms with E-state index >= 15 is 0 Å². The van der Waals surface area contributed by atoms with E-state index in [0.29, 0.717) is 12.2 Å². The maximum absolute atomic E-state index is 11.0. The van der Waals surface area contributed by atoms with Crippen LogP contribution in [0.15, 0.2) is 10.9 Å². The normalized spacial score (nSPS) is 9.71. The summed E-state index contributed by atoms with van der Waals surface area (Å²) in [6, 6.07) is 3.04. The zero-order valence-corrected chi connectivity index (χ0v) is 7.70. The third kappa shape index (κ3) is 2.12. The van der Waals surface area contributed by atoms with Crippen molar-refractivity contribution in [2.24, 2.45) is 0 Å². The van der Waals surface area contributed by atoms with Gasteiger partial charge in [0.25, 0.3) is 5.56 Å². The number of ether oxygens (including phenoxy) is 1. The van der Waals surface area contributed by atoms with Crippen LogP contribution < -0.4 is 5.56 Å². The summed E-state index contributed by atoms with van der Waals surface area (Å²) in [4.78, 5) is 13.1. The summed E-state index contributed by atoms with van der Waals surface area (Å²) in [6.07, 6.45) is 0. The highest BCUT2D eigenvalue weighted by molar-refractivity contribution is 5.43. The van der Waals surface area contributed by atoms with Crippen molar-refractivity contribution in [1.82, 2.24) is 4.98 Å². The van der Waals surface area contributed by atoms with E-state index in [2.05, 4.69) is 4.98 Å². The Labute approximate surface area is 80.6 Å². The van der Waals surface area contributed by atoms with Crippen molar-refractivity contribution in [3.8, 4) is 11.9 Å². The molecule has 0 saturated heterocycles. The highest BCUT2D eigenvalue weighted by Crippen LogP contribution is 2.15. The third-order valence-corrected chi connectivity index (χ3v) is 1.68. The Morgan fingerprint density at radius 1 is 1.71 bits per heavy atom. The van der Waals surface area contributed by atoms with Crippen LogP contribution in [0.5, 0.6) is 5.88 Å². The van der Waals surface area contributed by atoms with Gasteiger partial charge in [0.15, 0.2) is 0 Å². The summed E-state index contributed by atoms with van der Waals surface area (Å²) < 4.78 is 5.06. The molecule has 5 nitrogen and oxygen atoms in total. The van der Waals surface area contributed by atoms with Crippen molar-refractivity contribution in [3.05, 3.63) is 27.5 Å². The SMILES string of the molecule is CCOCc1cc(=O)[nH]c(O)c1C#N. The Bertz CT molecular complexity index is 417. The van der Waals surface area contributed by atoms with Gasteiger partial charge in [-0.1, -0.05) is 0 Å². The van der Waals surface area contributed by atoms with Gasteiger partial charge >= 0.3 is 0 Å². The molecule has 74 valence electrons. The van der Waals surface area contributed by atoms with Gasteiger partial charge in [0, 0.05) is 18.2 Å². The van der Waals surface area contributed by atoms with Gasteiger partial charge in [-0.15, -0.1) is 0 Å². The van der Waals surface area contributed by atoms with Crippen molar-refractivity contribution in [3.63, 3.8) is 0 Å². The number of nitriles is 1. The number of nitrogens with zero attached hydrogens (tertiary/aromatic N) is 1. The van der Waals surface area contributed by atoms with Gasteiger partial charge in [-0.25, -0.2) is 0 Å². The summed E-state index contributed by atoms with van der Waals surface area (Å²) >= 11 is 0. The van der Waals surface area contributed by atoms with Gasteiger partial charge in [0.1, 0.15) is 11.6 Å². The standard InChI is InChI=1S/C9H10N2O3/c1-2-14-5-6-3-8(12)11-9(13)7(6)4-10/h3H,2,5H2,1H3,(H2,11,12,13). The van der Waals surface area contributed by atoms with E-state index in [1.807, 2.05) is 0 Å². The highest BCUT2D eigenvalue weighted by atomic mass is 16.5. The van der Waals surface area contributed by atoms with E-state index in [1.165, 1.54) is 6.07 Å². The lowest BCUT2D eigenvalue weighted by Gasteiger charge is -2.04. The molecule has 0 radical (unpaired) electrons. The number of aromatic hydroxyl groups is 1. The smallest absolute Gasteiger partial charge is 0.251 e. The summed E-state index contributed by atoms with van der Waals surface area (Å²) in [5.41, 5.74) is 0.00449. The monoisotopic (exact) mass is 194 g/mol. The second-order valence-electron chi connectivity index (χ2n) is 2.63. The van der Waals surface area contributed by atoms with Crippen LogP contribution in [0.2, 0.25) is 0 Å². The van der Waals surface area contributed by atoms with E-state index in [1.54, 1.807) is 13.0 Å². The number of nitrogens with one attached hydrogen (secondary N) is 1. The van der Waals surface area contributed by atoms with Crippen LogP contribution in [0, 0.1) is 11.3 Å². The van der Waals surface area contributed by atoms with Gasteiger partial charge in [-0.2, -0.15) is 5.26 Å². The van der Waals surface area contributed by atoms with E-state index in [4.69, 9.17) is 10.00 Å². The first kappa shape index (κ1) is 10.3. The number of rotatable bonds is 3. The lowest BCUT2D eigenvalue weighted by molar-refractivity contribution is 0.133. The van der Waals surface area contributed by atoms with Crippen LogP contribution in [0.1, 0.15) is 18.1 Å². The van der Waals surface area contributed by atoms with Crippen LogP contribution in [0.4, 0.5) is 0 Å². The molecular formula is C9H10N2O3. The maximum Gasteiger partial charge on any atom is 0.251 e. The molecule has 0 fully saturated rings. The third-order valence-electron chi connectivity index (χ3n) is 1.68. The molecule has 0 bridgehead atoms. The lowest BCUT2D eigenvalue weighted by Crippen LogP contribution is -2.09. The summed E-state index contributed by atoms with van der Waals surface area (Å²) in [5, 5.41) is 17.9. The number of H-pyrrole nitrogens is 1. The van der Waals surface area contributed by atoms with E-state index in [0.717, 1.165) is 0 Å². The first-order chi connectivity index (χ1) is 6.69. The van der Waals surface area contributed by atoms with Crippen molar-refractivity contribution in [2.75, 3.05) is 6.61 Å². The van der Waals surface area contributed by atoms with Gasteiger partial charge in [0.2, 0.25) is 5.88 Å². The Kier molecular flexibility index (Phi) is 3.26. The Hall–Kier alpha value is -1.80. The molecule has 0 atom stereocenters. The topological polar surface area (TPSA) is 86.1 Å². The molecular weight excluding hydrogens is 184 g/mol. The fraction of sp³-hybridized carbons (Fsp3) is 0.333. The van der Waals surface area contributed by atoms with Gasteiger partial charge in [-0.3, -0.25) is 9.78 Å². The predicted molar refractivity (Wildman–Crippen MR) is 48.8 cm³/mol. The van der Waals surface area contributed by atoms with E-state index in [-0.39, 0.29) is 12.2 Å². The van der Waals surface area contributed by atoms with Crippen molar-refractivity contribution < 1.29 is 9.84 Å². The molecule has 2 N–H and O–H groups in total. The van der Waals surface area contributed by atoms with Crippen LogP contribution in [0.25, 0.3) is 0 Å². The molecule has 1 aromatic heterocycles.